The molecular formula is C14H21FO2. The minimum Gasteiger partial charge on any atom is -0.386 e. The van der Waals surface area contributed by atoms with E-state index in [0.717, 1.165) is 0 Å². The summed E-state index contributed by atoms with van der Waals surface area (Å²) in [5.74, 6) is -0.301. The van der Waals surface area contributed by atoms with E-state index in [1.807, 2.05) is 20.8 Å². The van der Waals surface area contributed by atoms with Crippen LogP contribution in [-0.2, 0) is 4.74 Å². The molecule has 0 bridgehead atoms. The van der Waals surface area contributed by atoms with E-state index >= 15 is 0 Å². The van der Waals surface area contributed by atoms with Gasteiger partial charge in [0.25, 0.3) is 0 Å². The van der Waals surface area contributed by atoms with Gasteiger partial charge in [-0.25, -0.2) is 4.39 Å². The van der Waals surface area contributed by atoms with Crippen molar-refractivity contribution in [3.8, 4) is 0 Å². The molecule has 0 aliphatic carbocycles. The zero-order valence-corrected chi connectivity index (χ0v) is 11.1. The van der Waals surface area contributed by atoms with Gasteiger partial charge in [0.15, 0.2) is 0 Å². The molecule has 1 aromatic rings. The highest BCUT2D eigenvalue weighted by molar-refractivity contribution is 5.25. The van der Waals surface area contributed by atoms with Crippen LogP contribution in [0.15, 0.2) is 18.2 Å². The molecule has 0 saturated carbocycles. The number of aliphatic hydroxyl groups excluding tert-OH is 1. The lowest BCUT2D eigenvalue weighted by Crippen LogP contribution is -2.34. The largest absolute Gasteiger partial charge is 0.386 e. The first-order valence-corrected chi connectivity index (χ1v) is 5.74. The van der Waals surface area contributed by atoms with Crippen molar-refractivity contribution in [2.24, 2.45) is 5.41 Å². The number of hydrogen-bond acceptors (Lipinski definition) is 2. The number of benzene rings is 1. The van der Waals surface area contributed by atoms with E-state index in [-0.39, 0.29) is 17.3 Å². The van der Waals surface area contributed by atoms with Crippen molar-refractivity contribution in [2.45, 2.75) is 39.9 Å². The second kappa shape index (κ2) is 5.15. The number of aryl methyl sites for hydroxylation is 1. The fourth-order valence-corrected chi connectivity index (χ4v) is 1.92. The quantitative estimate of drug-likeness (QED) is 0.879. The summed E-state index contributed by atoms with van der Waals surface area (Å²) in [5.41, 5.74) is 0.913. The molecule has 2 unspecified atom stereocenters. The topological polar surface area (TPSA) is 29.5 Å². The van der Waals surface area contributed by atoms with Gasteiger partial charge in [-0.05, 0) is 29.5 Å². The van der Waals surface area contributed by atoms with Crippen LogP contribution in [-0.4, -0.2) is 18.3 Å². The molecule has 0 aliphatic rings. The minimum atomic E-state index is -0.824. The summed E-state index contributed by atoms with van der Waals surface area (Å²) in [7, 11) is 1.56. The average Bonchev–Trinajstić information content (AvgIpc) is 2.20. The standard InChI is InChI=1S/C14H21FO2/c1-9-6-7-10(8-11(9)15)12(16)13(17-5)14(2,3)4/h6-8,12-13,16H,1-5H3. The molecule has 1 rings (SSSR count). The molecule has 1 N–H and O–H groups in total. The summed E-state index contributed by atoms with van der Waals surface area (Å²) in [5, 5.41) is 10.2. The predicted molar refractivity (Wildman–Crippen MR) is 66.3 cm³/mol. The Morgan fingerprint density at radius 2 is 1.88 bits per heavy atom. The van der Waals surface area contributed by atoms with Gasteiger partial charge in [-0.3, -0.25) is 0 Å². The smallest absolute Gasteiger partial charge is 0.126 e. The maximum Gasteiger partial charge on any atom is 0.126 e. The van der Waals surface area contributed by atoms with Gasteiger partial charge in [0, 0.05) is 7.11 Å². The van der Waals surface area contributed by atoms with Crippen molar-refractivity contribution in [2.75, 3.05) is 7.11 Å². The second-order valence-electron chi connectivity index (χ2n) is 5.48. The molecule has 0 aromatic heterocycles. The van der Waals surface area contributed by atoms with E-state index in [1.165, 1.54) is 6.07 Å². The second-order valence-corrected chi connectivity index (χ2v) is 5.48. The molecule has 17 heavy (non-hydrogen) atoms. The van der Waals surface area contributed by atoms with Crippen molar-refractivity contribution >= 4 is 0 Å². The summed E-state index contributed by atoms with van der Waals surface area (Å²) in [6.45, 7) is 7.64. The Morgan fingerprint density at radius 3 is 2.29 bits per heavy atom. The van der Waals surface area contributed by atoms with Gasteiger partial charge in [0.05, 0.1) is 6.10 Å². The Bertz CT molecular complexity index is 382. The van der Waals surface area contributed by atoms with Crippen molar-refractivity contribution in [3.05, 3.63) is 35.1 Å². The van der Waals surface area contributed by atoms with Crippen LogP contribution in [0.25, 0.3) is 0 Å². The Morgan fingerprint density at radius 1 is 1.29 bits per heavy atom. The van der Waals surface area contributed by atoms with E-state index in [9.17, 15) is 9.50 Å². The lowest BCUT2D eigenvalue weighted by molar-refractivity contribution is -0.0725. The van der Waals surface area contributed by atoms with Gasteiger partial charge >= 0.3 is 0 Å². The molecule has 0 spiro atoms. The summed E-state index contributed by atoms with van der Waals surface area (Å²) in [6, 6.07) is 4.78. The average molecular weight is 240 g/mol. The molecule has 2 atom stereocenters. The molecule has 3 heteroatoms. The van der Waals surface area contributed by atoms with Gasteiger partial charge < -0.3 is 9.84 Å². The van der Waals surface area contributed by atoms with Gasteiger partial charge in [0.1, 0.15) is 11.9 Å². The van der Waals surface area contributed by atoms with Gasteiger partial charge in [-0.2, -0.15) is 0 Å². The normalized spacial score (nSPS) is 15.7. The van der Waals surface area contributed by atoms with Crippen LogP contribution in [0, 0.1) is 18.2 Å². The number of methoxy groups -OCH3 is 1. The van der Waals surface area contributed by atoms with Gasteiger partial charge in [-0.15, -0.1) is 0 Å². The van der Waals surface area contributed by atoms with Crippen LogP contribution in [0.3, 0.4) is 0 Å². The Balaban J connectivity index is 3.02. The maximum absolute atomic E-state index is 13.5. The van der Waals surface area contributed by atoms with E-state index in [1.54, 1.807) is 26.2 Å². The molecule has 2 nitrogen and oxygen atoms in total. The number of aliphatic hydroxyl groups is 1. The first-order chi connectivity index (χ1) is 7.77. The van der Waals surface area contributed by atoms with E-state index in [4.69, 9.17) is 4.74 Å². The van der Waals surface area contributed by atoms with E-state index < -0.39 is 6.10 Å². The van der Waals surface area contributed by atoms with Crippen molar-refractivity contribution in [1.29, 1.82) is 0 Å². The fourth-order valence-electron chi connectivity index (χ4n) is 1.92. The van der Waals surface area contributed by atoms with Crippen LogP contribution in [0.5, 0.6) is 0 Å². The monoisotopic (exact) mass is 240 g/mol. The van der Waals surface area contributed by atoms with Crippen LogP contribution in [0.1, 0.15) is 38.0 Å². The lowest BCUT2D eigenvalue weighted by Gasteiger charge is -2.33. The zero-order valence-electron chi connectivity index (χ0n) is 11.1. The van der Waals surface area contributed by atoms with Crippen LogP contribution in [0.2, 0.25) is 0 Å². The lowest BCUT2D eigenvalue weighted by atomic mass is 9.83. The number of hydrogen-bond donors (Lipinski definition) is 1. The highest BCUT2D eigenvalue weighted by Crippen LogP contribution is 2.32. The number of rotatable bonds is 3. The highest BCUT2D eigenvalue weighted by Gasteiger charge is 2.32. The van der Waals surface area contributed by atoms with Crippen molar-refractivity contribution in [3.63, 3.8) is 0 Å². The number of ether oxygens (including phenoxy) is 1. The zero-order chi connectivity index (χ0) is 13.2. The molecular weight excluding hydrogens is 219 g/mol. The molecule has 0 aliphatic heterocycles. The first kappa shape index (κ1) is 14.1. The third kappa shape index (κ3) is 3.27. The number of halogens is 1. The Labute approximate surface area is 102 Å². The Kier molecular flexibility index (Phi) is 4.28. The predicted octanol–water partition coefficient (Wildman–Crippen LogP) is 3.23. The molecule has 0 heterocycles. The molecule has 1 aromatic carbocycles. The Hall–Kier alpha value is -0.930. The van der Waals surface area contributed by atoms with E-state index in [2.05, 4.69) is 0 Å². The molecule has 0 radical (unpaired) electrons. The van der Waals surface area contributed by atoms with Crippen molar-refractivity contribution < 1.29 is 14.2 Å². The SMILES string of the molecule is COC(C(O)c1ccc(C)c(F)c1)C(C)(C)C. The van der Waals surface area contributed by atoms with E-state index in [0.29, 0.717) is 11.1 Å². The molecule has 96 valence electrons. The first-order valence-electron chi connectivity index (χ1n) is 5.74. The van der Waals surface area contributed by atoms with Gasteiger partial charge in [-0.1, -0.05) is 32.9 Å². The van der Waals surface area contributed by atoms with Crippen LogP contribution < -0.4 is 0 Å². The minimum absolute atomic E-state index is 0.213. The third-order valence-corrected chi connectivity index (χ3v) is 2.93. The van der Waals surface area contributed by atoms with Gasteiger partial charge in [0.2, 0.25) is 0 Å². The van der Waals surface area contributed by atoms with Crippen LogP contribution >= 0.6 is 0 Å². The van der Waals surface area contributed by atoms with Crippen molar-refractivity contribution in [1.82, 2.24) is 0 Å². The summed E-state index contributed by atoms with van der Waals surface area (Å²) < 4.78 is 18.8. The third-order valence-electron chi connectivity index (χ3n) is 2.93. The summed E-state index contributed by atoms with van der Waals surface area (Å²) in [4.78, 5) is 0. The summed E-state index contributed by atoms with van der Waals surface area (Å²) in [6.07, 6.45) is -1.19. The highest BCUT2D eigenvalue weighted by atomic mass is 19.1. The molecule has 0 saturated heterocycles. The summed E-state index contributed by atoms with van der Waals surface area (Å²) >= 11 is 0. The molecule has 0 fully saturated rings. The fraction of sp³-hybridized carbons (Fsp3) is 0.571. The maximum atomic E-state index is 13.5. The molecule has 0 amide bonds. The van der Waals surface area contributed by atoms with Crippen LogP contribution in [0.4, 0.5) is 4.39 Å².